The molecule has 7 nitrogen and oxygen atoms in total. The molecule has 23 heavy (non-hydrogen) atoms. The maximum Gasteiger partial charge on any atom is 0.276 e. The van der Waals surface area contributed by atoms with Crippen LogP contribution in [0.3, 0.4) is 0 Å². The first kappa shape index (κ1) is 15.7. The van der Waals surface area contributed by atoms with Crippen LogP contribution in [0.4, 0.5) is 0 Å². The predicted molar refractivity (Wildman–Crippen MR) is 84.5 cm³/mol. The standard InChI is InChI=1S/C15H18N4O3S/c1-18-11-13(16-17-18)15(20)19-8-7-14(23(21,22)10-9-19)12-5-3-2-4-6-12/h2-6,11,14H,7-10H2,1H3/t14-/m0/s1. The summed E-state index contributed by atoms with van der Waals surface area (Å²) < 4.78 is 26.5. The van der Waals surface area contributed by atoms with Crippen LogP contribution in [-0.4, -0.2) is 53.1 Å². The van der Waals surface area contributed by atoms with Crippen molar-refractivity contribution in [3.05, 3.63) is 47.8 Å². The first-order valence-electron chi connectivity index (χ1n) is 7.39. The lowest BCUT2D eigenvalue weighted by Gasteiger charge is -2.18. The number of hydrogen-bond donors (Lipinski definition) is 0. The smallest absolute Gasteiger partial charge is 0.276 e. The van der Waals surface area contributed by atoms with Crippen LogP contribution in [0.15, 0.2) is 36.5 Å². The van der Waals surface area contributed by atoms with Gasteiger partial charge in [0.1, 0.15) is 0 Å². The molecule has 1 aromatic carbocycles. The van der Waals surface area contributed by atoms with E-state index in [1.807, 2.05) is 30.3 Å². The lowest BCUT2D eigenvalue weighted by Crippen LogP contribution is -2.33. The van der Waals surface area contributed by atoms with Gasteiger partial charge < -0.3 is 4.90 Å². The van der Waals surface area contributed by atoms with Crippen LogP contribution in [0.1, 0.15) is 27.7 Å². The summed E-state index contributed by atoms with van der Waals surface area (Å²) in [5, 5.41) is 6.99. The van der Waals surface area contributed by atoms with Crippen LogP contribution in [0.5, 0.6) is 0 Å². The second-order valence-corrected chi connectivity index (χ2v) is 7.93. The highest BCUT2D eigenvalue weighted by atomic mass is 32.2. The largest absolute Gasteiger partial charge is 0.336 e. The van der Waals surface area contributed by atoms with Crippen molar-refractivity contribution < 1.29 is 13.2 Å². The Bertz CT molecular complexity index is 801. The molecule has 0 aliphatic carbocycles. The van der Waals surface area contributed by atoms with Crippen molar-refractivity contribution in [1.82, 2.24) is 19.9 Å². The summed E-state index contributed by atoms with van der Waals surface area (Å²) in [7, 11) is -1.61. The summed E-state index contributed by atoms with van der Waals surface area (Å²) >= 11 is 0. The van der Waals surface area contributed by atoms with Gasteiger partial charge in [0.05, 0.1) is 17.2 Å². The minimum absolute atomic E-state index is 0.0431. The predicted octanol–water partition coefficient (Wildman–Crippen LogP) is 0.817. The number of hydrogen-bond acceptors (Lipinski definition) is 5. The van der Waals surface area contributed by atoms with Crippen molar-refractivity contribution in [1.29, 1.82) is 0 Å². The van der Waals surface area contributed by atoms with Crippen molar-refractivity contribution in [3.63, 3.8) is 0 Å². The molecule has 0 N–H and O–H groups in total. The number of sulfone groups is 1. The molecular weight excluding hydrogens is 316 g/mol. The highest BCUT2D eigenvalue weighted by Crippen LogP contribution is 2.29. The van der Waals surface area contributed by atoms with Gasteiger partial charge in [0, 0.05) is 20.1 Å². The second kappa shape index (κ2) is 6.11. The van der Waals surface area contributed by atoms with Gasteiger partial charge in [-0.3, -0.25) is 9.48 Å². The fourth-order valence-corrected chi connectivity index (χ4v) is 4.59. The van der Waals surface area contributed by atoms with Gasteiger partial charge in [0.25, 0.3) is 5.91 Å². The Balaban J connectivity index is 1.81. The van der Waals surface area contributed by atoms with E-state index in [1.54, 1.807) is 11.9 Å². The zero-order valence-corrected chi connectivity index (χ0v) is 13.6. The molecule has 1 amide bonds. The van der Waals surface area contributed by atoms with Gasteiger partial charge in [-0.25, -0.2) is 8.42 Å². The van der Waals surface area contributed by atoms with Gasteiger partial charge in [0.15, 0.2) is 15.5 Å². The number of carbonyl (C=O) groups is 1. The van der Waals surface area contributed by atoms with Crippen LogP contribution >= 0.6 is 0 Å². The fraction of sp³-hybridized carbons (Fsp3) is 0.400. The Morgan fingerprint density at radius 3 is 2.61 bits per heavy atom. The van der Waals surface area contributed by atoms with Crippen molar-refractivity contribution in [2.24, 2.45) is 7.05 Å². The zero-order chi connectivity index (χ0) is 16.4. The van der Waals surface area contributed by atoms with Gasteiger partial charge in [-0.05, 0) is 12.0 Å². The molecule has 122 valence electrons. The molecule has 0 bridgehead atoms. The minimum atomic E-state index is -3.29. The molecule has 1 aliphatic rings. The van der Waals surface area contributed by atoms with Crippen molar-refractivity contribution in [2.75, 3.05) is 18.8 Å². The number of nitrogens with zero attached hydrogens (tertiary/aromatic N) is 4. The number of carbonyl (C=O) groups excluding carboxylic acids is 1. The van der Waals surface area contributed by atoms with E-state index >= 15 is 0 Å². The van der Waals surface area contributed by atoms with Gasteiger partial charge >= 0.3 is 0 Å². The fourth-order valence-electron chi connectivity index (χ4n) is 2.80. The van der Waals surface area contributed by atoms with E-state index in [4.69, 9.17) is 0 Å². The number of benzene rings is 1. The normalized spacial score (nSPS) is 20.9. The third-order valence-corrected chi connectivity index (χ3v) is 6.15. The van der Waals surface area contributed by atoms with Gasteiger partial charge in [0.2, 0.25) is 0 Å². The van der Waals surface area contributed by atoms with Crippen molar-refractivity contribution >= 4 is 15.7 Å². The first-order valence-corrected chi connectivity index (χ1v) is 9.11. The quantitative estimate of drug-likeness (QED) is 0.811. The Morgan fingerprint density at radius 2 is 1.96 bits per heavy atom. The van der Waals surface area contributed by atoms with E-state index in [-0.39, 0.29) is 23.9 Å². The van der Waals surface area contributed by atoms with Crippen LogP contribution in [0.25, 0.3) is 0 Å². The molecule has 1 aromatic heterocycles. The van der Waals surface area contributed by atoms with E-state index in [0.29, 0.717) is 13.0 Å². The monoisotopic (exact) mass is 334 g/mol. The molecule has 2 heterocycles. The van der Waals surface area contributed by atoms with Gasteiger partial charge in [-0.15, -0.1) is 5.10 Å². The lowest BCUT2D eigenvalue weighted by molar-refractivity contribution is 0.0760. The maximum atomic E-state index is 12.5. The highest BCUT2D eigenvalue weighted by molar-refractivity contribution is 7.91. The minimum Gasteiger partial charge on any atom is -0.336 e. The SMILES string of the molecule is Cn1cc(C(=O)N2CC[C@@H](c3ccccc3)S(=O)(=O)CC2)nn1. The zero-order valence-electron chi connectivity index (χ0n) is 12.8. The Labute approximate surface area is 134 Å². The van der Waals surface area contributed by atoms with Crippen LogP contribution in [0, 0.1) is 0 Å². The second-order valence-electron chi connectivity index (χ2n) is 5.62. The summed E-state index contributed by atoms with van der Waals surface area (Å²) in [6.45, 7) is 0.565. The lowest BCUT2D eigenvalue weighted by atomic mass is 10.1. The van der Waals surface area contributed by atoms with Gasteiger partial charge in [-0.2, -0.15) is 0 Å². The summed E-state index contributed by atoms with van der Waals surface area (Å²) in [6.07, 6.45) is 1.93. The average molecular weight is 334 g/mol. The summed E-state index contributed by atoms with van der Waals surface area (Å²) in [5.74, 6) is -0.319. The number of rotatable bonds is 2. The Morgan fingerprint density at radius 1 is 1.22 bits per heavy atom. The summed E-state index contributed by atoms with van der Waals surface area (Å²) in [5.41, 5.74) is 1.02. The number of amides is 1. The average Bonchev–Trinajstić information content (AvgIpc) is 2.90. The van der Waals surface area contributed by atoms with Crippen LogP contribution in [-0.2, 0) is 16.9 Å². The molecule has 0 unspecified atom stereocenters. The summed E-state index contributed by atoms with van der Waals surface area (Å²) in [6, 6.07) is 9.16. The van der Waals surface area contributed by atoms with Crippen molar-refractivity contribution in [3.8, 4) is 0 Å². The number of aryl methyl sites for hydroxylation is 1. The molecule has 1 atom stereocenters. The van der Waals surface area contributed by atoms with E-state index in [0.717, 1.165) is 5.56 Å². The first-order chi connectivity index (χ1) is 11.0. The molecule has 2 aromatic rings. The maximum absolute atomic E-state index is 12.5. The third-order valence-electron chi connectivity index (χ3n) is 4.02. The molecule has 8 heteroatoms. The molecule has 3 rings (SSSR count). The molecule has 1 aliphatic heterocycles. The molecular formula is C15H18N4O3S. The molecule has 1 fully saturated rings. The van der Waals surface area contributed by atoms with E-state index in [1.165, 1.54) is 10.9 Å². The third kappa shape index (κ3) is 3.26. The summed E-state index contributed by atoms with van der Waals surface area (Å²) in [4.78, 5) is 14.0. The van der Waals surface area contributed by atoms with Crippen LogP contribution in [0.2, 0.25) is 0 Å². The van der Waals surface area contributed by atoms with Gasteiger partial charge in [-0.1, -0.05) is 35.5 Å². The van der Waals surface area contributed by atoms with E-state index in [9.17, 15) is 13.2 Å². The van der Waals surface area contributed by atoms with Crippen LogP contribution < -0.4 is 0 Å². The Hall–Kier alpha value is -2.22. The van der Waals surface area contributed by atoms with Crippen molar-refractivity contribution in [2.45, 2.75) is 11.7 Å². The Kier molecular flexibility index (Phi) is 4.16. The van der Waals surface area contributed by atoms with E-state index in [2.05, 4.69) is 10.3 Å². The molecule has 0 spiro atoms. The highest BCUT2D eigenvalue weighted by Gasteiger charge is 2.33. The number of aromatic nitrogens is 3. The molecule has 0 saturated carbocycles. The molecule has 0 radical (unpaired) electrons. The topological polar surface area (TPSA) is 85.2 Å². The molecule has 1 saturated heterocycles. The van der Waals surface area contributed by atoms with E-state index < -0.39 is 15.1 Å².